The van der Waals surface area contributed by atoms with E-state index in [4.69, 9.17) is 10.2 Å². The van der Waals surface area contributed by atoms with Gasteiger partial charge in [0.25, 0.3) is 0 Å². The van der Waals surface area contributed by atoms with E-state index in [1.165, 1.54) is 0 Å². The van der Waals surface area contributed by atoms with Crippen LogP contribution in [0.25, 0.3) is 11.0 Å². The molecular weight excluding hydrogens is 178 g/mol. The standard InChI is InChI=1S/C11H11NO2/c1-2-7-6-14-10-5-8(11(12)13)3-4-9(7)10/h3-6H,2H2,1H3,(H2,12,13). The van der Waals surface area contributed by atoms with Crippen molar-refractivity contribution in [2.24, 2.45) is 5.73 Å². The molecule has 0 saturated carbocycles. The molecule has 0 radical (unpaired) electrons. The monoisotopic (exact) mass is 189 g/mol. The number of hydrogen-bond acceptors (Lipinski definition) is 2. The Morgan fingerprint density at radius 1 is 1.50 bits per heavy atom. The van der Waals surface area contributed by atoms with Crippen LogP contribution < -0.4 is 5.73 Å². The van der Waals surface area contributed by atoms with Gasteiger partial charge in [0.1, 0.15) is 5.58 Å². The van der Waals surface area contributed by atoms with Crippen molar-refractivity contribution in [2.75, 3.05) is 0 Å². The molecule has 14 heavy (non-hydrogen) atoms. The molecule has 2 aromatic rings. The Bertz CT molecular complexity index is 485. The van der Waals surface area contributed by atoms with Gasteiger partial charge in [-0.25, -0.2) is 0 Å². The number of primary amides is 1. The molecule has 0 aliphatic carbocycles. The van der Waals surface area contributed by atoms with Crippen LogP contribution >= 0.6 is 0 Å². The van der Waals surface area contributed by atoms with E-state index in [0.29, 0.717) is 5.56 Å². The number of carbonyl (C=O) groups excluding carboxylic acids is 1. The van der Waals surface area contributed by atoms with Crippen molar-refractivity contribution in [2.45, 2.75) is 13.3 Å². The third-order valence-corrected chi connectivity index (χ3v) is 2.32. The van der Waals surface area contributed by atoms with Crippen LogP contribution in [0.5, 0.6) is 0 Å². The molecule has 0 aliphatic heterocycles. The van der Waals surface area contributed by atoms with Crippen LogP contribution in [0.15, 0.2) is 28.9 Å². The molecule has 0 saturated heterocycles. The fourth-order valence-corrected chi connectivity index (χ4v) is 1.51. The lowest BCUT2D eigenvalue weighted by Crippen LogP contribution is -2.10. The third kappa shape index (κ3) is 1.27. The van der Waals surface area contributed by atoms with E-state index in [2.05, 4.69) is 6.92 Å². The zero-order valence-corrected chi connectivity index (χ0v) is 7.91. The molecule has 2 N–H and O–H groups in total. The fraction of sp³-hybridized carbons (Fsp3) is 0.182. The van der Waals surface area contributed by atoms with E-state index in [1.807, 2.05) is 6.07 Å². The molecule has 0 atom stereocenters. The number of rotatable bonds is 2. The number of amides is 1. The van der Waals surface area contributed by atoms with Gasteiger partial charge in [0.05, 0.1) is 6.26 Å². The van der Waals surface area contributed by atoms with Gasteiger partial charge >= 0.3 is 0 Å². The van der Waals surface area contributed by atoms with Crippen molar-refractivity contribution >= 4 is 16.9 Å². The van der Waals surface area contributed by atoms with Crippen molar-refractivity contribution in [1.29, 1.82) is 0 Å². The first kappa shape index (κ1) is 8.81. The van der Waals surface area contributed by atoms with Crippen LogP contribution in [0.3, 0.4) is 0 Å². The predicted molar refractivity (Wildman–Crippen MR) is 54.1 cm³/mol. The highest BCUT2D eigenvalue weighted by atomic mass is 16.3. The van der Waals surface area contributed by atoms with Gasteiger partial charge in [-0.15, -0.1) is 0 Å². The first-order valence-corrected chi connectivity index (χ1v) is 4.52. The first-order valence-electron chi connectivity index (χ1n) is 4.52. The second kappa shape index (κ2) is 3.18. The zero-order chi connectivity index (χ0) is 10.1. The molecule has 1 aromatic heterocycles. The number of fused-ring (bicyclic) bond motifs is 1. The highest BCUT2D eigenvalue weighted by Crippen LogP contribution is 2.22. The average molecular weight is 189 g/mol. The molecule has 1 amide bonds. The molecule has 2 rings (SSSR count). The second-order valence-electron chi connectivity index (χ2n) is 3.19. The topological polar surface area (TPSA) is 56.2 Å². The number of hydrogen-bond donors (Lipinski definition) is 1. The van der Waals surface area contributed by atoms with Gasteiger partial charge in [-0.1, -0.05) is 13.0 Å². The Hall–Kier alpha value is -1.77. The molecule has 0 spiro atoms. The van der Waals surface area contributed by atoms with Crippen LogP contribution in [-0.2, 0) is 6.42 Å². The van der Waals surface area contributed by atoms with E-state index in [1.54, 1.807) is 18.4 Å². The number of aryl methyl sites for hydroxylation is 1. The molecule has 3 nitrogen and oxygen atoms in total. The minimum absolute atomic E-state index is 0.429. The average Bonchev–Trinajstić information content (AvgIpc) is 2.59. The molecule has 0 bridgehead atoms. The Morgan fingerprint density at radius 2 is 2.29 bits per heavy atom. The Labute approximate surface area is 81.5 Å². The first-order chi connectivity index (χ1) is 6.72. The van der Waals surface area contributed by atoms with Crippen molar-refractivity contribution in [3.63, 3.8) is 0 Å². The molecule has 0 unspecified atom stereocenters. The lowest BCUT2D eigenvalue weighted by atomic mass is 10.1. The van der Waals surface area contributed by atoms with Crippen molar-refractivity contribution in [1.82, 2.24) is 0 Å². The summed E-state index contributed by atoms with van der Waals surface area (Å²) in [7, 11) is 0. The van der Waals surface area contributed by atoms with Gasteiger partial charge < -0.3 is 10.2 Å². The van der Waals surface area contributed by atoms with Gasteiger partial charge in [-0.2, -0.15) is 0 Å². The van der Waals surface area contributed by atoms with Gasteiger partial charge in [0.15, 0.2) is 0 Å². The maximum atomic E-state index is 10.9. The number of furan rings is 1. The van der Waals surface area contributed by atoms with Crippen LogP contribution in [0, 0.1) is 0 Å². The Kier molecular flexibility index (Phi) is 2.00. The molecular formula is C11H11NO2. The fourth-order valence-electron chi connectivity index (χ4n) is 1.51. The minimum Gasteiger partial charge on any atom is -0.464 e. The molecule has 3 heteroatoms. The van der Waals surface area contributed by atoms with E-state index in [9.17, 15) is 4.79 Å². The smallest absolute Gasteiger partial charge is 0.248 e. The summed E-state index contributed by atoms with van der Waals surface area (Å²) in [4.78, 5) is 10.9. The van der Waals surface area contributed by atoms with E-state index < -0.39 is 5.91 Å². The molecule has 0 aliphatic rings. The van der Waals surface area contributed by atoms with Crippen LogP contribution in [0.2, 0.25) is 0 Å². The summed E-state index contributed by atoms with van der Waals surface area (Å²) in [5.74, 6) is -0.429. The summed E-state index contributed by atoms with van der Waals surface area (Å²) >= 11 is 0. The lowest BCUT2D eigenvalue weighted by molar-refractivity contribution is 0.100. The molecule has 1 aromatic carbocycles. The van der Waals surface area contributed by atoms with E-state index in [-0.39, 0.29) is 0 Å². The Balaban J connectivity index is 2.63. The van der Waals surface area contributed by atoms with Crippen molar-refractivity contribution < 1.29 is 9.21 Å². The summed E-state index contributed by atoms with van der Waals surface area (Å²) < 4.78 is 5.32. The summed E-state index contributed by atoms with van der Waals surface area (Å²) in [5, 5.41) is 1.05. The van der Waals surface area contributed by atoms with Gasteiger partial charge in [-0.05, 0) is 24.1 Å². The van der Waals surface area contributed by atoms with Crippen LogP contribution in [-0.4, -0.2) is 5.91 Å². The quantitative estimate of drug-likeness (QED) is 0.786. The highest BCUT2D eigenvalue weighted by molar-refractivity contribution is 5.96. The maximum absolute atomic E-state index is 10.9. The van der Waals surface area contributed by atoms with Gasteiger partial charge in [0.2, 0.25) is 5.91 Å². The Morgan fingerprint density at radius 3 is 2.93 bits per heavy atom. The zero-order valence-electron chi connectivity index (χ0n) is 7.91. The van der Waals surface area contributed by atoms with Crippen LogP contribution in [0.1, 0.15) is 22.8 Å². The number of benzene rings is 1. The summed E-state index contributed by atoms with van der Waals surface area (Å²) in [6.07, 6.45) is 2.64. The maximum Gasteiger partial charge on any atom is 0.248 e. The molecule has 0 fully saturated rings. The molecule has 1 heterocycles. The SMILES string of the molecule is CCc1coc2cc(C(N)=O)ccc12. The van der Waals surface area contributed by atoms with Crippen LogP contribution in [0.4, 0.5) is 0 Å². The third-order valence-electron chi connectivity index (χ3n) is 2.32. The van der Waals surface area contributed by atoms with Crippen molar-refractivity contribution in [3.05, 3.63) is 35.6 Å². The largest absolute Gasteiger partial charge is 0.464 e. The molecule has 72 valence electrons. The van der Waals surface area contributed by atoms with Gasteiger partial charge in [0, 0.05) is 10.9 Å². The van der Waals surface area contributed by atoms with E-state index in [0.717, 1.165) is 23.0 Å². The minimum atomic E-state index is -0.429. The summed E-state index contributed by atoms with van der Waals surface area (Å²) in [6, 6.07) is 5.27. The predicted octanol–water partition coefficient (Wildman–Crippen LogP) is 2.09. The summed E-state index contributed by atoms with van der Waals surface area (Å²) in [5.41, 5.74) is 7.51. The van der Waals surface area contributed by atoms with Crippen molar-refractivity contribution in [3.8, 4) is 0 Å². The number of nitrogens with two attached hydrogens (primary N) is 1. The van der Waals surface area contributed by atoms with E-state index >= 15 is 0 Å². The normalized spacial score (nSPS) is 10.6. The highest BCUT2D eigenvalue weighted by Gasteiger charge is 2.07. The van der Waals surface area contributed by atoms with Gasteiger partial charge in [-0.3, -0.25) is 4.79 Å². The summed E-state index contributed by atoms with van der Waals surface area (Å²) in [6.45, 7) is 2.06. The number of carbonyl (C=O) groups is 1. The lowest BCUT2D eigenvalue weighted by Gasteiger charge is -1.95. The second-order valence-corrected chi connectivity index (χ2v) is 3.19.